The Kier molecular flexibility index (Phi) is 4.04. The number of nitro benzene ring substituents is 1. The molecule has 0 aromatic heterocycles. The summed E-state index contributed by atoms with van der Waals surface area (Å²) in [5.74, 6) is -0.0592. The summed E-state index contributed by atoms with van der Waals surface area (Å²) in [7, 11) is 0. The molecule has 5 nitrogen and oxygen atoms in total. The topological polar surface area (TPSA) is 72.2 Å². The van der Waals surface area contributed by atoms with Crippen molar-refractivity contribution in [2.75, 3.05) is 5.32 Å². The number of hydrogen-bond donors (Lipinski definition) is 1. The number of nitrogens with zero attached hydrogens (tertiary/aromatic N) is 1. The van der Waals surface area contributed by atoms with Gasteiger partial charge in [-0.1, -0.05) is 20.8 Å². The van der Waals surface area contributed by atoms with Gasteiger partial charge in [0, 0.05) is 22.4 Å². The maximum atomic E-state index is 12.0. The van der Waals surface area contributed by atoms with E-state index in [2.05, 4.69) is 5.32 Å². The van der Waals surface area contributed by atoms with Gasteiger partial charge >= 0.3 is 0 Å². The number of anilines is 1. The highest BCUT2D eigenvalue weighted by Gasteiger charge is 2.44. The Morgan fingerprint density at radius 2 is 2.10 bits per heavy atom. The van der Waals surface area contributed by atoms with Crippen molar-refractivity contribution in [2.24, 2.45) is 5.41 Å². The van der Waals surface area contributed by atoms with Gasteiger partial charge in [-0.2, -0.15) is 0 Å². The zero-order valence-electron chi connectivity index (χ0n) is 11.8. The van der Waals surface area contributed by atoms with E-state index in [9.17, 15) is 14.9 Å². The molecule has 0 radical (unpaired) electrons. The second-order valence-corrected chi connectivity index (χ2v) is 7.24. The smallest absolute Gasteiger partial charge is 0.284 e. The van der Waals surface area contributed by atoms with E-state index in [1.165, 1.54) is 17.8 Å². The minimum Gasteiger partial charge on any atom is -0.325 e. The van der Waals surface area contributed by atoms with E-state index in [4.69, 9.17) is 0 Å². The number of carbonyl (C=O) groups is 1. The van der Waals surface area contributed by atoms with Gasteiger partial charge in [-0.05, 0) is 25.0 Å². The predicted molar refractivity (Wildman–Crippen MR) is 80.1 cm³/mol. The first kappa shape index (κ1) is 14.8. The van der Waals surface area contributed by atoms with Crippen LogP contribution in [-0.4, -0.2) is 16.1 Å². The van der Waals surface area contributed by atoms with Crippen molar-refractivity contribution in [1.82, 2.24) is 0 Å². The maximum Gasteiger partial charge on any atom is 0.284 e. The van der Waals surface area contributed by atoms with E-state index in [1.807, 2.05) is 20.8 Å². The van der Waals surface area contributed by atoms with Crippen molar-refractivity contribution < 1.29 is 9.72 Å². The van der Waals surface area contributed by atoms with Crippen molar-refractivity contribution in [2.45, 2.75) is 43.8 Å². The number of benzene rings is 1. The van der Waals surface area contributed by atoms with Gasteiger partial charge < -0.3 is 5.32 Å². The lowest BCUT2D eigenvalue weighted by atomic mass is 10.1. The molecule has 0 bridgehead atoms. The van der Waals surface area contributed by atoms with E-state index in [1.54, 1.807) is 12.1 Å². The summed E-state index contributed by atoms with van der Waals surface area (Å²) in [6.45, 7) is 5.87. The minimum atomic E-state index is -0.404. The van der Waals surface area contributed by atoms with Gasteiger partial charge in [-0.3, -0.25) is 14.9 Å². The van der Waals surface area contributed by atoms with Crippen molar-refractivity contribution in [1.29, 1.82) is 0 Å². The highest BCUT2D eigenvalue weighted by atomic mass is 32.2. The fraction of sp³-hybridized carbons (Fsp3) is 0.500. The van der Waals surface area contributed by atoms with Crippen LogP contribution in [0.1, 0.15) is 33.6 Å². The molecule has 0 spiro atoms. The highest BCUT2D eigenvalue weighted by molar-refractivity contribution is 8.00. The average Bonchev–Trinajstić information content (AvgIpc) is 3.09. The monoisotopic (exact) mass is 294 g/mol. The average molecular weight is 294 g/mol. The molecule has 1 aromatic carbocycles. The van der Waals surface area contributed by atoms with Gasteiger partial charge in [0.05, 0.1) is 9.82 Å². The normalized spacial score (nSPS) is 16.0. The van der Waals surface area contributed by atoms with Crippen molar-refractivity contribution >= 4 is 29.0 Å². The van der Waals surface area contributed by atoms with Crippen LogP contribution in [0.3, 0.4) is 0 Å². The molecule has 0 saturated heterocycles. The van der Waals surface area contributed by atoms with Gasteiger partial charge in [0.15, 0.2) is 0 Å². The Hall–Kier alpha value is -1.56. The Morgan fingerprint density at radius 3 is 2.60 bits per heavy atom. The maximum absolute atomic E-state index is 12.0. The Morgan fingerprint density at radius 1 is 1.45 bits per heavy atom. The molecular weight excluding hydrogens is 276 g/mol. The molecule has 0 unspecified atom stereocenters. The molecule has 1 fully saturated rings. The van der Waals surface area contributed by atoms with Crippen molar-refractivity contribution in [3.8, 4) is 0 Å². The van der Waals surface area contributed by atoms with Gasteiger partial charge in [0.2, 0.25) is 5.91 Å². The van der Waals surface area contributed by atoms with E-state index in [0.29, 0.717) is 10.6 Å². The standard InChI is InChI=1S/C14H18N2O3S/c1-9(2)20-12-5-4-10(8-11(12)16(18)19)15-13(17)14(3)6-7-14/h4-5,8-9H,6-7H2,1-3H3,(H,15,17). The van der Waals surface area contributed by atoms with Gasteiger partial charge in [0.1, 0.15) is 0 Å². The van der Waals surface area contributed by atoms with Gasteiger partial charge in [-0.25, -0.2) is 0 Å². The molecule has 1 amide bonds. The molecule has 2 rings (SSSR count). The van der Waals surface area contributed by atoms with Crippen LogP contribution in [0.4, 0.5) is 11.4 Å². The second-order valence-electron chi connectivity index (χ2n) is 5.62. The largest absolute Gasteiger partial charge is 0.325 e. The molecule has 1 aliphatic rings. The summed E-state index contributed by atoms with van der Waals surface area (Å²) >= 11 is 1.44. The summed E-state index contributed by atoms with van der Waals surface area (Å²) in [6.07, 6.45) is 1.75. The van der Waals surface area contributed by atoms with Gasteiger partial charge in [-0.15, -0.1) is 11.8 Å². The summed E-state index contributed by atoms with van der Waals surface area (Å²) in [5, 5.41) is 14.2. The predicted octanol–water partition coefficient (Wildman–Crippen LogP) is 3.83. The summed E-state index contributed by atoms with van der Waals surface area (Å²) in [5.41, 5.74) is 0.241. The van der Waals surface area contributed by atoms with Crippen molar-refractivity contribution in [3.63, 3.8) is 0 Å². The van der Waals surface area contributed by atoms with Crippen LogP contribution < -0.4 is 5.32 Å². The molecule has 0 atom stereocenters. The van der Waals surface area contributed by atoms with Crippen LogP contribution in [-0.2, 0) is 4.79 Å². The number of hydrogen-bond acceptors (Lipinski definition) is 4. The Balaban J connectivity index is 2.21. The number of rotatable bonds is 5. The zero-order chi connectivity index (χ0) is 14.9. The molecule has 6 heteroatoms. The van der Waals surface area contributed by atoms with Crippen LogP contribution in [0.5, 0.6) is 0 Å². The van der Waals surface area contributed by atoms with Gasteiger partial charge in [0.25, 0.3) is 5.69 Å². The van der Waals surface area contributed by atoms with Crippen LogP contribution in [0.15, 0.2) is 23.1 Å². The molecule has 108 valence electrons. The van der Waals surface area contributed by atoms with E-state index in [-0.39, 0.29) is 22.3 Å². The number of nitrogens with one attached hydrogen (secondary N) is 1. The van der Waals surface area contributed by atoms with Crippen LogP contribution in [0, 0.1) is 15.5 Å². The summed E-state index contributed by atoms with van der Waals surface area (Å²) in [4.78, 5) is 23.3. The summed E-state index contributed by atoms with van der Waals surface area (Å²) < 4.78 is 0. The molecule has 1 aromatic rings. The van der Waals surface area contributed by atoms with E-state index in [0.717, 1.165) is 12.8 Å². The third kappa shape index (κ3) is 3.30. The Bertz CT molecular complexity index is 553. The fourth-order valence-corrected chi connectivity index (χ4v) is 2.70. The number of nitro groups is 1. The highest BCUT2D eigenvalue weighted by Crippen LogP contribution is 2.46. The molecule has 1 aliphatic carbocycles. The first-order valence-electron chi connectivity index (χ1n) is 6.58. The molecule has 1 N–H and O–H groups in total. The van der Waals surface area contributed by atoms with Crippen LogP contribution in [0.2, 0.25) is 0 Å². The fourth-order valence-electron chi connectivity index (χ4n) is 1.79. The summed E-state index contributed by atoms with van der Waals surface area (Å²) in [6, 6.07) is 4.86. The minimum absolute atomic E-state index is 0.0439. The Labute approximate surface area is 122 Å². The van der Waals surface area contributed by atoms with E-state index >= 15 is 0 Å². The number of thioether (sulfide) groups is 1. The second kappa shape index (κ2) is 5.44. The van der Waals surface area contributed by atoms with Crippen LogP contribution in [0.25, 0.3) is 0 Å². The van der Waals surface area contributed by atoms with Crippen LogP contribution >= 0.6 is 11.8 Å². The molecule has 0 aliphatic heterocycles. The zero-order valence-corrected chi connectivity index (χ0v) is 12.6. The van der Waals surface area contributed by atoms with E-state index < -0.39 is 4.92 Å². The quantitative estimate of drug-likeness (QED) is 0.509. The molecule has 20 heavy (non-hydrogen) atoms. The third-order valence-corrected chi connectivity index (χ3v) is 4.39. The first-order valence-corrected chi connectivity index (χ1v) is 7.46. The molecule has 1 saturated carbocycles. The van der Waals surface area contributed by atoms with Crippen molar-refractivity contribution in [3.05, 3.63) is 28.3 Å². The lowest BCUT2D eigenvalue weighted by Gasteiger charge is -2.11. The first-order chi connectivity index (χ1) is 9.32. The lowest BCUT2D eigenvalue weighted by molar-refractivity contribution is -0.387. The number of amides is 1. The molecular formula is C14H18N2O3S. The number of carbonyl (C=O) groups excluding carboxylic acids is 1. The lowest BCUT2D eigenvalue weighted by Crippen LogP contribution is -2.21. The third-order valence-electron chi connectivity index (χ3n) is 3.32. The molecule has 0 heterocycles. The SMILES string of the molecule is CC(C)Sc1ccc(NC(=O)C2(C)CC2)cc1[N+](=O)[O-].